The third-order valence-electron chi connectivity index (χ3n) is 5.05. The standard InChI is InChI=1S/C22H20N4O4/c27-22(9-7-16-6-8-20-21(10-16)30-15-29-20)25-12-18(13-25)26-11-17(23-24-26)14-28-19-4-2-1-3-5-19/h1-11,18H,12-15H2. The van der Waals surface area contributed by atoms with Gasteiger partial charge in [-0.1, -0.05) is 29.5 Å². The van der Waals surface area contributed by atoms with E-state index < -0.39 is 0 Å². The van der Waals surface area contributed by atoms with Gasteiger partial charge in [-0.3, -0.25) is 4.79 Å². The number of ether oxygens (including phenoxy) is 3. The number of hydrogen-bond acceptors (Lipinski definition) is 6. The molecule has 3 aromatic rings. The first-order chi connectivity index (χ1) is 14.7. The molecule has 0 N–H and O–H groups in total. The predicted octanol–water partition coefficient (Wildman–Crippen LogP) is 2.68. The van der Waals surface area contributed by atoms with Crippen LogP contribution in [0.4, 0.5) is 0 Å². The van der Waals surface area contributed by atoms with E-state index in [-0.39, 0.29) is 18.7 Å². The van der Waals surface area contributed by atoms with Gasteiger partial charge in [0.1, 0.15) is 18.1 Å². The molecule has 2 aliphatic rings. The maximum Gasteiger partial charge on any atom is 0.246 e. The smallest absolute Gasteiger partial charge is 0.246 e. The summed E-state index contributed by atoms with van der Waals surface area (Å²) in [7, 11) is 0. The Morgan fingerprint density at radius 1 is 1.13 bits per heavy atom. The van der Waals surface area contributed by atoms with Crippen LogP contribution < -0.4 is 14.2 Å². The van der Waals surface area contributed by atoms with Crippen molar-refractivity contribution in [3.63, 3.8) is 0 Å². The van der Waals surface area contributed by atoms with Gasteiger partial charge in [-0.05, 0) is 35.9 Å². The average molecular weight is 404 g/mol. The van der Waals surface area contributed by atoms with Gasteiger partial charge in [-0.2, -0.15) is 0 Å². The van der Waals surface area contributed by atoms with E-state index in [1.807, 2.05) is 54.7 Å². The molecule has 8 nitrogen and oxygen atoms in total. The van der Waals surface area contributed by atoms with E-state index in [4.69, 9.17) is 14.2 Å². The van der Waals surface area contributed by atoms with Crippen LogP contribution in [0.1, 0.15) is 17.3 Å². The number of aromatic nitrogens is 3. The second-order valence-electron chi connectivity index (χ2n) is 7.13. The van der Waals surface area contributed by atoms with Crippen molar-refractivity contribution in [3.05, 3.63) is 72.1 Å². The molecule has 0 aliphatic carbocycles. The summed E-state index contributed by atoms with van der Waals surface area (Å²) in [4.78, 5) is 14.2. The number of likely N-dealkylation sites (tertiary alicyclic amines) is 1. The van der Waals surface area contributed by atoms with Crippen LogP contribution in [0.15, 0.2) is 60.8 Å². The van der Waals surface area contributed by atoms with E-state index >= 15 is 0 Å². The fourth-order valence-electron chi connectivity index (χ4n) is 3.32. The number of rotatable bonds is 6. The quantitative estimate of drug-likeness (QED) is 0.588. The molecule has 0 atom stereocenters. The zero-order valence-electron chi connectivity index (χ0n) is 16.2. The van der Waals surface area contributed by atoms with E-state index in [1.54, 1.807) is 21.7 Å². The van der Waals surface area contributed by atoms with Crippen LogP contribution >= 0.6 is 0 Å². The van der Waals surface area contributed by atoms with Crippen molar-refractivity contribution in [3.8, 4) is 17.2 Å². The maximum atomic E-state index is 12.4. The minimum Gasteiger partial charge on any atom is -0.487 e. The van der Waals surface area contributed by atoms with Crippen LogP contribution in [-0.2, 0) is 11.4 Å². The van der Waals surface area contributed by atoms with Crippen LogP contribution in [0.3, 0.4) is 0 Å². The van der Waals surface area contributed by atoms with Gasteiger partial charge in [0.2, 0.25) is 12.7 Å². The molecular formula is C22H20N4O4. The summed E-state index contributed by atoms with van der Waals surface area (Å²) < 4.78 is 18.1. The number of benzene rings is 2. The van der Waals surface area contributed by atoms with Crippen LogP contribution in [0.5, 0.6) is 17.2 Å². The highest BCUT2D eigenvalue weighted by molar-refractivity contribution is 5.92. The SMILES string of the molecule is O=C(C=Cc1ccc2c(c1)OCO2)N1CC(n2cc(COc3ccccc3)nn2)C1. The third kappa shape index (κ3) is 3.84. The summed E-state index contributed by atoms with van der Waals surface area (Å²) in [5.74, 6) is 2.19. The molecule has 2 aliphatic heterocycles. The second kappa shape index (κ2) is 7.90. The zero-order valence-corrected chi connectivity index (χ0v) is 16.2. The predicted molar refractivity (Wildman–Crippen MR) is 108 cm³/mol. The van der Waals surface area contributed by atoms with Gasteiger partial charge in [0.05, 0.1) is 12.2 Å². The fourth-order valence-corrected chi connectivity index (χ4v) is 3.32. The molecule has 0 bridgehead atoms. The van der Waals surface area contributed by atoms with Gasteiger partial charge in [0.15, 0.2) is 11.5 Å². The molecule has 152 valence electrons. The van der Waals surface area contributed by atoms with E-state index in [0.29, 0.717) is 25.4 Å². The maximum absolute atomic E-state index is 12.4. The minimum absolute atomic E-state index is 0.0309. The molecule has 0 unspecified atom stereocenters. The number of fused-ring (bicyclic) bond motifs is 1. The molecular weight excluding hydrogens is 384 g/mol. The Bertz CT molecular complexity index is 1070. The summed E-state index contributed by atoms with van der Waals surface area (Å²) in [6.45, 7) is 1.80. The van der Waals surface area contributed by atoms with Crippen molar-refractivity contribution in [2.45, 2.75) is 12.6 Å². The Labute approximate surface area is 173 Å². The molecule has 0 spiro atoms. The Kier molecular flexibility index (Phi) is 4.80. The first-order valence-electron chi connectivity index (χ1n) is 9.70. The average Bonchev–Trinajstić information content (AvgIpc) is 3.39. The van der Waals surface area contributed by atoms with Crippen LogP contribution in [0.25, 0.3) is 6.08 Å². The van der Waals surface area contributed by atoms with Gasteiger partial charge < -0.3 is 19.1 Å². The largest absolute Gasteiger partial charge is 0.487 e. The van der Waals surface area contributed by atoms with Gasteiger partial charge in [0, 0.05) is 19.2 Å². The van der Waals surface area contributed by atoms with Gasteiger partial charge >= 0.3 is 0 Å². The highest BCUT2D eigenvalue weighted by Gasteiger charge is 2.31. The van der Waals surface area contributed by atoms with Crippen molar-refractivity contribution >= 4 is 12.0 Å². The Morgan fingerprint density at radius 3 is 2.83 bits per heavy atom. The third-order valence-corrected chi connectivity index (χ3v) is 5.05. The summed E-state index contributed by atoms with van der Waals surface area (Å²) in [6, 6.07) is 15.3. The molecule has 0 radical (unpaired) electrons. The lowest BCUT2D eigenvalue weighted by Gasteiger charge is -2.38. The summed E-state index contributed by atoms with van der Waals surface area (Å²) in [6.07, 6.45) is 5.23. The number of carbonyl (C=O) groups excluding carboxylic acids is 1. The lowest BCUT2D eigenvalue weighted by atomic mass is 10.1. The molecule has 3 heterocycles. The first-order valence-corrected chi connectivity index (χ1v) is 9.70. The molecule has 30 heavy (non-hydrogen) atoms. The lowest BCUT2D eigenvalue weighted by molar-refractivity contribution is -0.131. The molecule has 1 fully saturated rings. The normalized spacial score (nSPS) is 15.4. The second-order valence-corrected chi connectivity index (χ2v) is 7.13. The van der Waals surface area contributed by atoms with Crippen molar-refractivity contribution in [1.82, 2.24) is 19.9 Å². The molecule has 2 aromatic carbocycles. The summed E-state index contributed by atoms with van der Waals surface area (Å²) in [5, 5.41) is 8.33. The Morgan fingerprint density at radius 2 is 1.97 bits per heavy atom. The van der Waals surface area contributed by atoms with Crippen molar-refractivity contribution in [2.24, 2.45) is 0 Å². The minimum atomic E-state index is -0.0309. The van der Waals surface area contributed by atoms with E-state index in [1.165, 1.54) is 0 Å². The topological polar surface area (TPSA) is 78.7 Å². The fraction of sp³-hybridized carbons (Fsp3) is 0.227. The number of para-hydroxylation sites is 1. The number of carbonyl (C=O) groups is 1. The molecule has 1 aromatic heterocycles. The monoisotopic (exact) mass is 404 g/mol. The molecule has 5 rings (SSSR count). The molecule has 0 saturated carbocycles. The van der Waals surface area contributed by atoms with E-state index in [9.17, 15) is 4.79 Å². The molecule has 8 heteroatoms. The first kappa shape index (κ1) is 18.2. The van der Waals surface area contributed by atoms with Crippen LogP contribution in [0.2, 0.25) is 0 Å². The van der Waals surface area contributed by atoms with Gasteiger partial charge in [-0.15, -0.1) is 5.10 Å². The highest BCUT2D eigenvalue weighted by Crippen LogP contribution is 2.32. The summed E-state index contributed by atoms with van der Waals surface area (Å²) in [5.41, 5.74) is 1.65. The molecule has 1 saturated heterocycles. The van der Waals surface area contributed by atoms with Crippen LogP contribution in [0, 0.1) is 0 Å². The summed E-state index contributed by atoms with van der Waals surface area (Å²) >= 11 is 0. The number of hydrogen-bond donors (Lipinski definition) is 0. The Balaban J connectivity index is 1.12. The molecule has 1 amide bonds. The van der Waals surface area contributed by atoms with Gasteiger partial charge in [-0.25, -0.2) is 4.68 Å². The Hall–Kier alpha value is -3.81. The number of nitrogens with zero attached hydrogens (tertiary/aromatic N) is 4. The van der Waals surface area contributed by atoms with Gasteiger partial charge in [0.25, 0.3) is 0 Å². The highest BCUT2D eigenvalue weighted by atomic mass is 16.7. The van der Waals surface area contributed by atoms with Crippen molar-refractivity contribution in [1.29, 1.82) is 0 Å². The van der Waals surface area contributed by atoms with E-state index in [2.05, 4.69) is 10.3 Å². The number of amides is 1. The lowest BCUT2D eigenvalue weighted by Crippen LogP contribution is -2.50. The van der Waals surface area contributed by atoms with Crippen molar-refractivity contribution in [2.75, 3.05) is 19.9 Å². The van der Waals surface area contributed by atoms with Crippen LogP contribution in [-0.4, -0.2) is 45.7 Å². The van der Waals surface area contributed by atoms with E-state index in [0.717, 1.165) is 22.8 Å². The van der Waals surface area contributed by atoms with Crippen molar-refractivity contribution < 1.29 is 19.0 Å². The zero-order chi connectivity index (χ0) is 20.3.